The molecule has 0 spiro atoms. The monoisotopic (exact) mass is 314 g/mol. The Labute approximate surface area is 136 Å². The van der Waals surface area contributed by atoms with Crippen LogP contribution in [0.15, 0.2) is 30.7 Å². The number of pyridine rings is 1. The summed E-state index contributed by atoms with van der Waals surface area (Å²) >= 11 is 0. The maximum Gasteiger partial charge on any atom is 0.257 e. The molecule has 0 bridgehead atoms. The lowest BCUT2D eigenvalue weighted by Gasteiger charge is -2.32. The topological polar surface area (TPSA) is 60.4 Å². The molecule has 6 nitrogen and oxygen atoms in total. The number of hydrogen-bond donors (Lipinski definition) is 0. The molecule has 3 rings (SSSR count). The van der Waals surface area contributed by atoms with Crippen molar-refractivity contribution in [3.63, 3.8) is 0 Å². The van der Waals surface area contributed by atoms with E-state index >= 15 is 0 Å². The van der Waals surface area contributed by atoms with Crippen LogP contribution in [-0.2, 0) is 0 Å². The Hall–Kier alpha value is -2.37. The molecule has 0 aromatic carbocycles. The minimum Gasteiger partial charge on any atom is -0.493 e. The summed E-state index contributed by atoms with van der Waals surface area (Å²) in [5.41, 5.74) is 0.979. The molecule has 2 aromatic rings. The molecule has 6 heteroatoms. The van der Waals surface area contributed by atoms with Crippen molar-refractivity contribution in [3.8, 4) is 11.6 Å². The van der Waals surface area contributed by atoms with Gasteiger partial charge in [-0.05, 0) is 31.7 Å². The summed E-state index contributed by atoms with van der Waals surface area (Å²) in [7, 11) is 1.63. The molecule has 1 aliphatic rings. The number of nitrogens with zero attached hydrogens (tertiary/aromatic N) is 4. The molecule has 3 heterocycles. The van der Waals surface area contributed by atoms with Crippen molar-refractivity contribution in [1.29, 1.82) is 0 Å². The van der Waals surface area contributed by atoms with Crippen LogP contribution >= 0.6 is 0 Å². The van der Waals surface area contributed by atoms with Gasteiger partial charge in [-0.3, -0.25) is 4.98 Å². The number of hydrogen-bond acceptors (Lipinski definition) is 6. The van der Waals surface area contributed by atoms with Gasteiger partial charge in [0.2, 0.25) is 0 Å². The van der Waals surface area contributed by atoms with E-state index in [0.717, 1.165) is 49.8 Å². The number of rotatable bonds is 5. The van der Waals surface area contributed by atoms with Crippen molar-refractivity contribution >= 4 is 5.82 Å². The predicted octanol–water partition coefficient (Wildman–Crippen LogP) is 2.48. The first-order valence-corrected chi connectivity index (χ1v) is 7.91. The van der Waals surface area contributed by atoms with Crippen LogP contribution < -0.4 is 14.4 Å². The smallest absolute Gasteiger partial charge is 0.257 e. The zero-order valence-corrected chi connectivity index (χ0v) is 13.6. The highest BCUT2D eigenvalue weighted by Gasteiger charge is 2.23. The second kappa shape index (κ2) is 7.26. The predicted molar refractivity (Wildman–Crippen MR) is 88.0 cm³/mol. The molecule has 0 aliphatic carbocycles. The van der Waals surface area contributed by atoms with Gasteiger partial charge in [-0.15, -0.1) is 0 Å². The Balaban J connectivity index is 1.52. The van der Waals surface area contributed by atoms with E-state index in [0.29, 0.717) is 11.8 Å². The van der Waals surface area contributed by atoms with E-state index in [1.165, 1.54) is 0 Å². The third kappa shape index (κ3) is 3.88. The van der Waals surface area contributed by atoms with Crippen molar-refractivity contribution in [3.05, 3.63) is 36.4 Å². The van der Waals surface area contributed by atoms with Crippen molar-refractivity contribution in [2.24, 2.45) is 5.92 Å². The second-order valence-electron chi connectivity index (χ2n) is 5.76. The lowest BCUT2D eigenvalue weighted by molar-refractivity contribution is 0.222. The summed E-state index contributed by atoms with van der Waals surface area (Å²) in [6, 6.07) is 3.88. The molecule has 1 fully saturated rings. The summed E-state index contributed by atoms with van der Waals surface area (Å²) in [6.45, 7) is 4.60. The summed E-state index contributed by atoms with van der Waals surface area (Å²) in [5, 5.41) is 0. The highest BCUT2D eigenvalue weighted by molar-refractivity contribution is 5.47. The average Bonchev–Trinajstić information content (AvgIpc) is 2.60. The number of ether oxygens (including phenoxy) is 2. The van der Waals surface area contributed by atoms with Gasteiger partial charge in [0.05, 0.1) is 13.7 Å². The number of anilines is 1. The fourth-order valence-corrected chi connectivity index (χ4v) is 2.81. The van der Waals surface area contributed by atoms with Gasteiger partial charge in [0.1, 0.15) is 5.75 Å². The lowest BCUT2D eigenvalue weighted by Crippen LogP contribution is -2.36. The number of aryl methyl sites for hydroxylation is 1. The Morgan fingerprint density at radius 3 is 2.65 bits per heavy atom. The van der Waals surface area contributed by atoms with E-state index < -0.39 is 0 Å². The van der Waals surface area contributed by atoms with Crippen LogP contribution in [0.25, 0.3) is 0 Å². The molecule has 0 N–H and O–H groups in total. The maximum atomic E-state index is 5.90. The normalized spacial score (nSPS) is 15.5. The molecule has 1 aliphatic heterocycles. The van der Waals surface area contributed by atoms with Gasteiger partial charge in [-0.25, -0.2) is 9.97 Å². The molecule has 23 heavy (non-hydrogen) atoms. The van der Waals surface area contributed by atoms with Gasteiger partial charge < -0.3 is 14.4 Å². The van der Waals surface area contributed by atoms with Gasteiger partial charge in [0, 0.05) is 43.4 Å². The van der Waals surface area contributed by atoms with Crippen molar-refractivity contribution in [2.75, 3.05) is 31.7 Å². The van der Waals surface area contributed by atoms with Gasteiger partial charge in [-0.2, -0.15) is 0 Å². The highest BCUT2D eigenvalue weighted by Crippen LogP contribution is 2.27. The number of piperidine rings is 1. The minimum atomic E-state index is 0.558. The summed E-state index contributed by atoms with van der Waals surface area (Å²) in [6.07, 6.45) is 7.29. The molecule has 122 valence electrons. The Morgan fingerprint density at radius 2 is 1.91 bits per heavy atom. The average molecular weight is 314 g/mol. The third-order valence-electron chi connectivity index (χ3n) is 4.11. The first-order chi connectivity index (χ1) is 11.3. The number of aromatic nitrogens is 3. The van der Waals surface area contributed by atoms with Gasteiger partial charge >= 0.3 is 0 Å². The summed E-state index contributed by atoms with van der Waals surface area (Å²) < 4.78 is 11.2. The van der Waals surface area contributed by atoms with E-state index in [1.807, 2.05) is 19.1 Å². The maximum absolute atomic E-state index is 5.90. The Bertz CT molecular complexity index is 642. The van der Waals surface area contributed by atoms with Gasteiger partial charge in [0.15, 0.2) is 5.82 Å². The van der Waals surface area contributed by atoms with Crippen LogP contribution in [0.2, 0.25) is 0 Å². The van der Waals surface area contributed by atoms with Crippen LogP contribution in [0, 0.1) is 12.8 Å². The minimum absolute atomic E-state index is 0.558. The fourth-order valence-electron chi connectivity index (χ4n) is 2.81. The molecule has 2 aromatic heterocycles. The van der Waals surface area contributed by atoms with Crippen LogP contribution in [-0.4, -0.2) is 41.8 Å². The summed E-state index contributed by atoms with van der Waals surface area (Å²) in [4.78, 5) is 15.0. The van der Waals surface area contributed by atoms with E-state index in [9.17, 15) is 0 Å². The van der Waals surface area contributed by atoms with Crippen LogP contribution in [0.3, 0.4) is 0 Å². The molecule has 0 unspecified atom stereocenters. The van der Waals surface area contributed by atoms with Crippen molar-refractivity contribution < 1.29 is 9.47 Å². The van der Waals surface area contributed by atoms with Crippen molar-refractivity contribution in [2.45, 2.75) is 19.8 Å². The third-order valence-corrected chi connectivity index (χ3v) is 4.11. The summed E-state index contributed by atoms with van der Waals surface area (Å²) in [5.74, 6) is 2.88. The Morgan fingerprint density at radius 1 is 1.13 bits per heavy atom. The standard InChI is InChI=1S/C17H22N4O2/c1-13-11-15(3-6-18-13)23-12-14-4-9-21(10-5-14)16-17(22-2)20-8-7-19-16/h3,6-8,11,14H,4-5,9-10,12H2,1-2H3. The Kier molecular flexibility index (Phi) is 4.90. The van der Waals surface area contributed by atoms with Crippen LogP contribution in [0.1, 0.15) is 18.5 Å². The quantitative estimate of drug-likeness (QED) is 0.845. The van der Waals surface area contributed by atoms with Gasteiger partial charge in [0.25, 0.3) is 5.88 Å². The molecule has 0 radical (unpaired) electrons. The molecule has 0 saturated carbocycles. The number of methoxy groups -OCH3 is 1. The molecule has 1 saturated heterocycles. The SMILES string of the molecule is COc1nccnc1N1CCC(COc2ccnc(C)c2)CC1. The zero-order chi connectivity index (χ0) is 16.1. The van der Waals surface area contributed by atoms with Crippen LogP contribution in [0.5, 0.6) is 11.6 Å². The lowest BCUT2D eigenvalue weighted by atomic mass is 9.98. The van der Waals surface area contributed by atoms with Crippen LogP contribution in [0.4, 0.5) is 5.82 Å². The first-order valence-electron chi connectivity index (χ1n) is 7.91. The highest BCUT2D eigenvalue weighted by atomic mass is 16.5. The van der Waals surface area contributed by atoms with E-state index in [2.05, 4.69) is 19.9 Å². The largest absolute Gasteiger partial charge is 0.493 e. The van der Waals surface area contributed by atoms with E-state index in [-0.39, 0.29) is 0 Å². The molecular formula is C17H22N4O2. The molecule has 0 atom stereocenters. The molecular weight excluding hydrogens is 292 g/mol. The van der Waals surface area contributed by atoms with Crippen molar-refractivity contribution in [1.82, 2.24) is 15.0 Å². The van der Waals surface area contributed by atoms with Gasteiger partial charge in [-0.1, -0.05) is 0 Å². The second-order valence-corrected chi connectivity index (χ2v) is 5.76. The molecule has 0 amide bonds. The van der Waals surface area contributed by atoms with E-state index in [1.54, 1.807) is 25.7 Å². The zero-order valence-electron chi connectivity index (χ0n) is 13.6. The first kappa shape index (κ1) is 15.5. The fraction of sp³-hybridized carbons (Fsp3) is 0.471. The van der Waals surface area contributed by atoms with E-state index in [4.69, 9.17) is 9.47 Å².